The Bertz CT molecular complexity index is 3280. The molecule has 1 heterocycles. The molecule has 11 aromatic rings. The zero-order valence-electron chi connectivity index (χ0n) is 31.6. The van der Waals surface area contributed by atoms with Gasteiger partial charge in [-0.15, -0.1) is 0 Å². The number of fused-ring (bicyclic) bond motifs is 5. The Morgan fingerprint density at radius 3 is 1.72 bits per heavy atom. The lowest BCUT2D eigenvalue weighted by Gasteiger charge is -2.27. The molecule has 0 saturated heterocycles. The SMILES string of the molecule is c1ccc(-c2cccc(N(c3ccc(-c4cc5nc(-c6ccc7ccccc7c6)oc5c5ccccc45)cc3)c3cc(-c4ccccc4)c4ccccc4c3)c2)cc1. The summed E-state index contributed by atoms with van der Waals surface area (Å²) in [5.74, 6) is 0.622. The minimum absolute atomic E-state index is 0.622. The molecule has 3 nitrogen and oxygen atoms in total. The van der Waals surface area contributed by atoms with Crippen molar-refractivity contribution < 1.29 is 4.42 Å². The Balaban J connectivity index is 1.05. The maximum absolute atomic E-state index is 6.55. The fourth-order valence-electron chi connectivity index (χ4n) is 8.41. The van der Waals surface area contributed by atoms with Crippen molar-refractivity contribution in [2.75, 3.05) is 4.90 Å². The molecule has 0 amide bonds. The fraction of sp³-hybridized carbons (Fsp3) is 0. The molecular weight excluding hydrogens is 705 g/mol. The molecular formula is C55H36N2O. The minimum Gasteiger partial charge on any atom is -0.435 e. The highest BCUT2D eigenvalue weighted by Crippen LogP contribution is 2.43. The van der Waals surface area contributed by atoms with E-state index in [1.54, 1.807) is 0 Å². The second-order valence-corrected chi connectivity index (χ2v) is 14.8. The molecule has 0 atom stereocenters. The number of hydrogen-bond donors (Lipinski definition) is 0. The van der Waals surface area contributed by atoms with Crippen LogP contribution in [-0.2, 0) is 0 Å². The Morgan fingerprint density at radius 1 is 0.328 bits per heavy atom. The average molecular weight is 741 g/mol. The molecule has 272 valence electrons. The highest BCUT2D eigenvalue weighted by atomic mass is 16.3. The minimum atomic E-state index is 0.622. The molecule has 0 bridgehead atoms. The molecule has 0 aliphatic carbocycles. The normalized spacial score (nSPS) is 11.4. The first kappa shape index (κ1) is 33.6. The third kappa shape index (κ3) is 5.98. The van der Waals surface area contributed by atoms with Gasteiger partial charge in [0.1, 0.15) is 5.52 Å². The monoisotopic (exact) mass is 740 g/mol. The van der Waals surface area contributed by atoms with Gasteiger partial charge >= 0.3 is 0 Å². The van der Waals surface area contributed by atoms with Crippen molar-refractivity contribution in [2.45, 2.75) is 0 Å². The van der Waals surface area contributed by atoms with E-state index >= 15 is 0 Å². The van der Waals surface area contributed by atoms with Crippen molar-refractivity contribution in [3.63, 3.8) is 0 Å². The summed E-state index contributed by atoms with van der Waals surface area (Å²) in [5, 5.41) is 6.94. The molecule has 0 N–H and O–H groups in total. The van der Waals surface area contributed by atoms with Crippen LogP contribution in [0.4, 0.5) is 17.1 Å². The van der Waals surface area contributed by atoms with Crippen LogP contribution < -0.4 is 4.90 Å². The van der Waals surface area contributed by atoms with Crippen LogP contribution in [0, 0.1) is 0 Å². The second kappa shape index (κ2) is 14.1. The van der Waals surface area contributed by atoms with E-state index in [0.29, 0.717) is 5.89 Å². The number of anilines is 3. The quantitative estimate of drug-likeness (QED) is 0.163. The third-order valence-electron chi connectivity index (χ3n) is 11.2. The van der Waals surface area contributed by atoms with E-state index in [9.17, 15) is 0 Å². The van der Waals surface area contributed by atoms with Gasteiger partial charge in [0.05, 0.1) is 0 Å². The fourth-order valence-corrected chi connectivity index (χ4v) is 8.41. The van der Waals surface area contributed by atoms with E-state index in [1.807, 2.05) is 0 Å². The lowest BCUT2D eigenvalue weighted by Crippen LogP contribution is -2.10. The summed E-state index contributed by atoms with van der Waals surface area (Å²) in [6.45, 7) is 0. The van der Waals surface area contributed by atoms with E-state index < -0.39 is 0 Å². The Kier molecular flexibility index (Phi) is 8.15. The van der Waals surface area contributed by atoms with Crippen LogP contribution in [0.25, 0.3) is 88.3 Å². The smallest absolute Gasteiger partial charge is 0.227 e. The van der Waals surface area contributed by atoms with E-state index in [1.165, 1.54) is 38.4 Å². The molecule has 0 radical (unpaired) electrons. The second-order valence-electron chi connectivity index (χ2n) is 14.8. The lowest BCUT2D eigenvalue weighted by molar-refractivity contribution is 0.623. The first-order valence-corrected chi connectivity index (χ1v) is 19.7. The predicted octanol–water partition coefficient (Wildman–Crippen LogP) is 15.4. The topological polar surface area (TPSA) is 29.3 Å². The summed E-state index contributed by atoms with van der Waals surface area (Å²) in [6, 6.07) is 77.8. The van der Waals surface area contributed by atoms with Gasteiger partial charge in [0.15, 0.2) is 5.58 Å². The number of aromatic nitrogens is 1. The molecule has 58 heavy (non-hydrogen) atoms. The van der Waals surface area contributed by atoms with Crippen LogP contribution in [0.5, 0.6) is 0 Å². The molecule has 0 fully saturated rings. The van der Waals surface area contributed by atoms with Gasteiger partial charge < -0.3 is 9.32 Å². The van der Waals surface area contributed by atoms with Crippen LogP contribution in [0.1, 0.15) is 0 Å². The molecule has 3 heteroatoms. The van der Waals surface area contributed by atoms with E-state index in [0.717, 1.165) is 61.0 Å². The van der Waals surface area contributed by atoms with Crippen molar-refractivity contribution in [3.05, 3.63) is 218 Å². The molecule has 0 aliphatic heterocycles. The predicted molar refractivity (Wildman–Crippen MR) is 243 cm³/mol. The Morgan fingerprint density at radius 2 is 0.931 bits per heavy atom. The van der Waals surface area contributed by atoms with Crippen molar-refractivity contribution in [3.8, 4) is 44.8 Å². The number of nitrogens with zero attached hydrogens (tertiary/aromatic N) is 2. The maximum Gasteiger partial charge on any atom is 0.227 e. The average Bonchev–Trinajstić information content (AvgIpc) is 3.74. The molecule has 0 unspecified atom stereocenters. The summed E-state index contributed by atoms with van der Waals surface area (Å²) >= 11 is 0. The van der Waals surface area contributed by atoms with Crippen LogP contribution in [0.15, 0.2) is 223 Å². The van der Waals surface area contributed by atoms with Gasteiger partial charge in [0, 0.05) is 28.0 Å². The van der Waals surface area contributed by atoms with E-state index in [-0.39, 0.29) is 0 Å². The van der Waals surface area contributed by atoms with Gasteiger partial charge in [0.2, 0.25) is 5.89 Å². The van der Waals surface area contributed by atoms with Gasteiger partial charge in [-0.1, -0.05) is 164 Å². The maximum atomic E-state index is 6.55. The first-order chi connectivity index (χ1) is 28.7. The van der Waals surface area contributed by atoms with Gasteiger partial charge in [-0.2, -0.15) is 0 Å². The molecule has 10 aromatic carbocycles. The summed E-state index contributed by atoms with van der Waals surface area (Å²) in [4.78, 5) is 7.45. The third-order valence-corrected chi connectivity index (χ3v) is 11.2. The molecule has 1 aromatic heterocycles. The summed E-state index contributed by atoms with van der Waals surface area (Å²) in [5.41, 5.74) is 12.8. The molecule has 0 aliphatic rings. The lowest BCUT2D eigenvalue weighted by atomic mass is 9.96. The highest BCUT2D eigenvalue weighted by Gasteiger charge is 2.19. The number of rotatable bonds is 7. The van der Waals surface area contributed by atoms with Gasteiger partial charge in [0.25, 0.3) is 0 Å². The van der Waals surface area contributed by atoms with E-state index in [2.05, 4.69) is 223 Å². The highest BCUT2D eigenvalue weighted by molar-refractivity contribution is 6.11. The summed E-state index contributed by atoms with van der Waals surface area (Å²) in [7, 11) is 0. The van der Waals surface area contributed by atoms with Crippen molar-refractivity contribution >= 4 is 60.5 Å². The number of oxazole rings is 1. The molecule has 0 spiro atoms. The van der Waals surface area contributed by atoms with Crippen molar-refractivity contribution in [2.24, 2.45) is 0 Å². The summed E-state index contributed by atoms with van der Waals surface area (Å²) in [6.07, 6.45) is 0. The van der Waals surface area contributed by atoms with Crippen molar-refractivity contribution in [1.82, 2.24) is 4.98 Å². The zero-order valence-corrected chi connectivity index (χ0v) is 31.6. The van der Waals surface area contributed by atoms with Crippen LogP contribution in [0.2, 0.25) is 0 Å². The van der Waals surface area contributed by atoms with E-state index in [4.69, 9.17) is 9.40 Å². The Hall–Kier alpha value is -7.75. The number of benzene rings is 10. The first-order valence-electron chi connectivity index (χ1n) is 19.7. The zero-order chi connectivity index (χ0) is 38.4. The van der Waals surface area contributed by atoms with Crippen LogP contribution >= 0.6 is 0 Å². The molecule has 0 saturated carbocycles. The van der Waals surface area contributed by atoms with Gasteiger partial charge in [-0.3, -0.25) is 0 Å². The molecule has 11 rings (SSSR count). The standard InChI is InChI=1S/C55H36N2O/c1-3-14-37(15-4-1)42-21-13-22-46(33-42)57(47-34-43-20-9-10-23-48(43)51(35-47)39-17-5-2-6-18-39)45-30-28-40(29-31-45)52-36-53-54(50-25-12-11-24-49(50)52)58-55(56-53)44-27-26-38-16-7-8-19-41(38)32-44/h1-36H. The Labute approximate surface area is 336 Å². The van der Waals surface area contributed by atoms with Crippen LogP contribution in [-0.4, -0.2) is 4.98 Å². The largest absolute Gasteiger partial charge is 0.435 e. The van der Waals surface area contributed by atoms with Crippen molar-refractivity contribution in [1.29, 1.82) is 0 Å². The number of hydrogen-bond acceptors (Lipinski definition) is 3. The summed E-state index contributed by atoms with van der Waals surface area (Å²) < 4.78 is 6.55. The van der Waals surface area contributed by atoms with Crippen LogP contribution in [0.3, 0.4) is 0 Å². The van der Waals surface area contributed by atoms with Gasteiger partial charge in [-0.05, 0) is 115 Å². The van der Waals surface area contributed by atoms with Gasteiger partial charge in [-0.25, -0.2) is 4.98 Å².